The summed E-state index contributed by atoms with van der Waals surface area (Å²) in [6.07, 6.45) is 11.2. The van der Waals surface area contributed by atoms with Crippen molar-refractivity contribution in [3.05, 3.63) is 18.2 Å². The molecule has 1 atom stereocenters. The van der Waals surface area contributed by atoms with Crippen LogP contribution < -0.4 is 0 Å². The summed E-state index contributed by atoms with van der Waals surface area (Å²) in [4.78, 5) is 22.6. The van der Waals surface area contributed by atoms with Crippen LogP contribution in [0.15, 0.2) is 12.5 Å². The van der Waals surface area contributed by atoms with Gasteiger partial charge in [-0.15, -0.1) is 0 Å². The molecular formula is C21H34N4O3. The summed E-state index contributed by atoms with van der Waals surface area (Å²) >= 11 is 0. The first-order chi connectivity index (χ1) is 13.6. The molecule has 0 aromatic carbocycles. The molecule has 1 amide bonds. The number of likely N-dealkylation sites (tertiary alicyclic amines) is 2. The lowest BCUT2D eigenvalue weighted by molar-refractivity contribution is -0.152. The molecule has 0 radical (unpaired) electrons. The maximum atomic E-state index is 13.7. The molecule has 2 saturated heterocycles. The van der Waals surface area contributed by atoms with E-state index in [2.05, 4.69) is 19.4 Å². The highest BCUT2D eigenvalue weighted by Crippen LogP contribution is 2.41. The molecule has 7 heteroatoms. The van der Waals surface area contributed by atoms with Crippen LogP contribution in [-0.2, 0) is 22.6 Å². The van der Waals surface area contributed by atoms with Gasteiger partial charge < -0.3 is 19.3 Å². The van der Waals surface area contributed by atoms with Gasteiger partial charge in [0, 0.05) is 39.0 Å². The number of nitrogens with zero attached hydrogens (tertiary/aromatic N) is 4. The molecule has 3 heterocycles. The molecule has 7 nitrogen and oxygen atoms in total. The topological polar surface area (TPSA) is 70.8 Å². The number of hydrogen-bond acceptors (Lipinski definition) is 5. The fraction of sp³-hybridized carbons (Fsp3) is 0.810. The minimum absolute atomic E-state index is 0.180. The van der Waals surface area contributed by atoms with Gasteiger partial charge in [0.05, 0.1) is 24.7 Å². The van der Waals surface area contributed by atoms with Crippen LogP contribution in [0.2, 0.25) is 0 Å². The number of piperidine rings is 1. The number of ether oxygens (including phenoxy) is 1. The number of aliphatic hydroxyl groups excluding tert-OH is 1. The second-order valence-electron chi connectivity index (χ2n) is 8.69. The van der Waals surface area contributed by atoms with Gasteiger partial charge in [-0.2, -0.15) is 0 Å². The first-order valence-electron chi connectivity index (χ1n) is 10.9. The van der Waals surface area contributed by atoms with Crippen LogP contribution in [0.4, 0.5) is 0 Å². The highest BCUT2D eigenvalue weighted by atomic mass is 16.5. The van der Waals surface area contributed by atoms with E-state index < -0.39 is 0 Å². The van der Waals surface area contributed by atoms with Crippen LogP contribution in [0.25, 0.3) is 0 Å². The third-order valence-electron chi connectivity index (χ3n) is 7.07. The Kier molecular flexibility index (Phi) is 6.04. The second-order valence-corrected chi connectivity index (χ2v) is 8.69. The van der Waals surface area contributed by atoms with Crippen LogP contribution >= 0.6 is 0 Å². The molecule has 3 fully saturated rings. The third kappa shape index (κ3) is 3.72. The summed E-state index contributed by atoms with van der Waals surface area (Å²) < 4.78 is 7.36. The number of amides is 1. The summed E-state index contributed by atoms with van der Waals surface area (Å²) in [5.74, 6) is 0.334. The first kappa shape index (κ1) is 19.9. The van der Waals surface area contributed by atoms with E-state index in [1.165, 1.54) is 0 Å². The van der Waals surface area contributed by atoms with Crippen molar-refractivity contribution in [1.82, 2.24) is 19.4 Å². The fourth-order valence-electron chi connectivity index (χ4n) is 5.49. The van der Waals surface area contributed by atoms with Crippen molar-refractivity contribution in [2.24, 2.45) is 0 Å². The van der Waals surface area contributed by atoms with E-state index in [1.54, 1.807) is 7.11 Å². The third-order valence-corrected chi connectivity index (χ3v) is 7.07. The van der Waals surface area contributed by atoms with Crippen molar-refractivity contribution in [1.29, 1.82) is 0 Å². The van der Waals surface area contributed by atoms with Gasteiger partial charge in [-0.25, -0.2) is 4.98 Å². The largest absolute Gasteiger partial charge is 0.393 e. The van der Waals surface area contributed by atoms with Crippen molar-refractivity contribution >= 4 is 5.91 Å². The number of rotatable bonds is 6. The van der Waals surface area contributed by atoms with Crippen LogP contribution in [0, 0.1) is 0 Å². The predicted molar refractivity (Wildman–Crippen MR) is 106 cm³/mol. The van der Waals surface area contributed by atoms with Crippen LogP contribution in [0.5, 0.6) is 0 Å². The number of imidazole rings is 1. The molecule has 1 saturated carbocycles. The number of hydrogen-bond donors (Lipinski definition) is 1. The first-order valence-corrected chi connectivity index (χ1v) is 10.9. The lowest BCUT2D eigenvalue weighted by atomic mass is 9.82. The van der Waals surface area contributed by atoms with Crippen molar-refractivity contribution in [2.45, 2.75) is 82.1 Å². The van der Waals surface area contributed by atoms with Gasteiger partial charge in [-0.3, -0.25) is 9.69 Å². The molecule has 28 heavy (non-hydrogen) atoms. The maximum Gasteiger partial charge on any atom is 0.243 e. The molecule has 4 rings (SSSR count). The van der Waals surface area contributed by atoms with E-state index in [0.29, 0.717) is 18.6 Å². The zero-order chi connectivity index (χ0) is 19.6. The highest BCUT2D eigenvalue weighted by Gasteiger charge is 2.52. The summed E-state index contributed by atoms with van der Waals surface area (Å²) in [5, 5.41) is 9.84. The van der Waals surface area contributed by atoms with E-state index in [9.17, 15) is 9.90 Å². The molecule has 0 bridgehead atoms. The van der Waals surface area contributed by atoms with Crippen molar-refractivity contribution < 1.29 is 14.6 Å². The Morgan fingerprint density at radius 3 is 2.71 bits per heavy atom. The van der Waals surface area contributed by atoms with Gasteiger partial charge in [-0.1, -0.05) is 0 Å². The van der Waals surface area contributed by atoms with E-state index in [1.807, 2.05) is 12.5 Å². The molecule has 1 aromatic rings. The van der Waals surface area contributed by atoms with Gasteiger partial charge in [0.25, 0.3) is 0 Å². The standard InChI is InChI=1S/C21H34N4O3/c1-28-13-12-23-16-22-14-18(23)15-24-10-2-8-21(24)9-3-11-25(20(21)27)17-4-6-19(26)7-5-17/h14,16-17,19,26H,2-13,15H2,1H3. The van der Waals surface area contributed by atoms with Gasteiger partial charge in [0.1, 0.15) is 5.54 Å². The van der Waals surface area contributed by atoms with Crippen molar-refractivity contribution in [2.75, 3.05) is 26.8 Å². The van der Waals surface area contributed by atoms with Crippen molar-refractivity contribution in [3.63, 3.8) is 0 Å². The molecule has 156 valence electrons. The lowest BCUT2D eigenvalue weighted by Crippen LogP contribution is -2.62. The maximum absolute atomic E-state index is 13.7. The molecular weight excluding hydrogens is 356 g/mol. The predicted octanol–water partition coefficient (Wildman–Crippen LogP) is 1.79. The lowest BCUT2D eigenvalue weighted by Gasteiger charge is -2.48. The number of aromatic nitrogens is 2. The van der Waals surface area contributed by atoms with E-state index in [4.69, 9.17) is 4.74 Å². The quantitative estimate of drug-likeness (QED) is 0.802. The van der Waals surface area contributed by atoms with Crippen LogP contribution in [0.1, 0.15) is 57.1 Å². The normalized spacial score (nSPS) is 31.8. The molecule has 1 aliphatic carbocycles. The second kappa shape index (κ2) is 8.51. The van der Waals surface area contributed by atoms with Crippen molar-refractivity contribution in [3.8, 4) is 0 Å². The Hall–Kier alpha value is -1.44. The van der Waals surface area contributed by atoms with Gasteiger partial charge in [0.2, 0.25) is 5.91 Å². The fourth-order valence-corrected chi connectivity index (χ4v) is 5.49. The highest BCUT2D eigenvalue weighted by molar-refractivity contribution is 5.87. The summed E-state index contributed by atoms with van der Waals surface area (Å²) in [7, 11) is 1.71. The number of carbonyl (C=O) groups excluding carboxylic acids is 1. The molecule has 1 aromatic heterocycles. The Labute approximate surface area is 167 Å². The molecule has 1 N–H and O–H groups in total. The minimum Gasteiger partial charge on any atom is -0.393 e. The Morgan fingerprint density at radius 1 is 1.21 bits per heavy atom. The average molecular weight is 391 g/mol. The smallest absolute Gasteiger partial charge is 0.243 e. The number of methoxy groups -OCH3 is 1. The zero-order valence-electron chi connectivity index (χ0n) is 17.1. The molecule has 3 aliphatic rings. The molecule has 1 spiro atoms. The van der Waals surface area contributed by atoms with Crippen LogP contribution in [0.3, 0.4) is 0 Å². The number of aliphatic hydroxyl groups is 1. The Morgan fingerprint density at radius 2 is 1.96 bits per heavy atom. The molecule has 2 aliphatic heterocycles. The monoisotopic (exact) mass is 390 g/mol. The van der Waals surface area contributed by atoms with Gasteiger partial charge in [-0.05, 0) is 57.9 Å². The molecule has 1 unspecified atom stereocenters. The Balaban J connectivity index is 1.49. The SMILES string of the molecule is COCCn1cncc1CN1CCCC12CCCN(C1CCC(O)CC1)C2=O. The van der Waals surface area contributed by atoms with E-state index in [-0.39, 0.29) is 11.6 Å². The summed E-state index contributed by atoms with van der Waals surface area (Å²) in [6, 6.07) is 0.308. The van der Waals surface area contributed by atoms with E-state index >= 15 is 0 Å². The van der Waals surface area contributed by atoms with Gasteiger partial charge in [0.15, 0.2) is 0 Å². The van der Waals surface area contributed by atoms with Crippen LogP contribution in [-0.4, -0.2) is 74.9 Å². The Bertz CT molecular complexity index is 670. The summed E-state index contributed by atoms with van der Waals surface area (Å²) in [5.41, 5.74) is 0.814. The summed E-state index contributed by atoms with van der Waals surface area (Å²) in [6.45, 7) is 4.07. The minimum atomic E-state index is -0.343. The van der Waals surface area contributed by atoms with E-state index in [0.717, 1.165) is 83.2 Å². The average Bonchev–Trinajstić information content (AvgIpc) is 3.31. The van der Waals surface area contributed by atoms with Gasteiger partial charge >= 0.3 is 0 Å². The zero-order valence-corrected chi connectivity index (χ0v) is 17.1. The number of carbonyl (C=O) groups is 1.